The second kappa shape index (κ2) is 8.07. The quantitative estimate of drug-likeness (QED) is 0.774. The highest BCUT2D eigenvalue weighted by Crippen LogP contribution is 2.15. The van der Waals surface area contributed by atoms with Crippen LogP contribution in [0.25, 0.3) is 0 Å². The number of amides is 2. The first-order valence-corrected chi connectivity index (χ1v) is 9.22. The van der Waals surface area contributed by atoms with Crippen LogP contribution in [0.15, 0.2) is 47.8 Å². The molecule has 1 aliphatic heterocycles. The van der Waals surface area contributed by atoms with Crippen LogP contribution in [0.4, 0.5) is 0 Å². The van der Waals surface area contributed by atoms with Gasteiger partial charge in [-0.1, -0.05) is 36.4 Å². The minimum absolute atomic E-state index is 0.0135. The Labute approximate surface area is 150 Å². The molecule has 0 bridgehead atoms. The van der Waals surface area contributed by atoms with Crippen molar-refractivity contribution in [3.63, 3.8) is 0 Å². The van der Waals surface area contributed by atoms with Gasteiger partial charge in [-0.25, -0.2) is 0 Å². The van der Waals surface area contributed by atoms with Crippen LogP contribution in [0.2, 0.25) is 0 Å². The van der Waals surface area contributed by atoms with Gasteiger partial charge in [0.15, 0.2) is 5.78 Å². The molecule has 1 aromatic carbocycles. The number of thiophene rings is 1. The molecule has 2 amide bonds. The minimum Gasteiger partial charge on any atom is -0.339 e. The molecule has 0 radical (unpaired) electrons. The van der Waals surface area contributed by atoms with Crippen LogP contribution >= 0.6 is 11.3 Å². The van der Waals surface area contributed by atoms with Crippen LogP contribution in [0.5, 0.6) is 0 Å². The third kappa shape index (κ3) is 4.33. The van der Waals surface area contributed by atoms with Crippen LogP contribution < -0.4 is 0 Å². The maximum atomic E-state index is 12.3. The molecular weight excluding hydrogens is 336 g/mol. The van der Waals surface area contributed by atoms with E-state index in [0.717, 1.165) is 4.88 Å². The average molecular weight is 356 g/mol. The van der Waals surface area contributed by atoms with Crippen LogP contribution in [-0.2, 0) is 4.79 Å². The Balaban J connectivity index is 1.45. The van der Waals surface area contributed by atoms with Crippen molar-refractivity contribution in [2.45, 2.75) is 12.8 Å². The minimum atomic E-state index is -0.0208. The fourth-order valence-electron chi connectivity index (χ4n) is 2.86. The van der Waals surface area contributed by atoms with E-state index in [1.54, 1.807) is 21.9 Å². The number of piperazine rings is 1. The third-order valence-corrected chi connectivity index (χ3v) is 5.17. The van der Waals surface area contributed by atoms with Gasteiger partial charge in [-0.05, 0) is 11.4 Å². The first-order chi connectivity index (χ1) is 12.1. The molecule has 25 heavy (non-hydrogen) atoms. The smallest absolute Gasteiger partial charge is 0.264 e. The van der Waals surface area contributed by atoms with Gasteiger partial charge in [0.1, 0.15) is 0 Å². The molecule has 0 atom stereocenters. The molecule has 6 heteroatoms. The van der Waals surface area contributed by atoms with Crippen LogP contribution in [0, 0.1) is 0 Å². The molecule has 2 heterocycles. The van der Waals surface area contributed by atoms with Crippen molar-refractivity contribution in [1.82, 2.24) is 9.80 Å². The predicted octanol–water partition coefficient (Wildman–Crippen LogP) is 2.70. The molecule has 5 nitrogen and oxygen atoms in total. The lowest BCUT2D eigenvalue weighted by molar-refractivity contribution is -0.132. The molecule has 0 saturated carbocycles. The largest absolute Gasteiger partial charge is 0.339 e. The Bertz CT molecular complexity index is 735. The van der Waals surface area contributed by atoms with Gasteiger partial charge in [-0.15, -0.1) is 11.3 Å². The molecule has 0 N–H and O–H groups in total. The highest BCUT2D eigenvalue weighted by molar-refractivity contribution is 7.12. The van der Waals surface area contributed by atoms with E-state index >= 15 is 0 Å². The van der Waals surface area contributed by atoms with E-state index in [-0.39, 0.29) is 30.4 Å². The Morgan fingerprint density at radius 3 is 2.16 bits per heavy atom. The van der Waals surface area contributed by atoms with Gasteiger partial charge >= 0.3 is 0 Å². The zero-order valence-corrected chi connectivity index (χ0v) is 14.7. The van der Waals surface area contributed by atoms with E-state index < -0.39 is 0 Å². The summed E-state index contributed by atoms with van der Waals surface area (Å²) in [4.78, 5) is 40.9. The lowest BCUT2D eigenvalue weighted by Crippen LogP contribution is -2.50. The summed E-state index contributed by atoms with van der Waals surface area (Å²) in [5.74, 6) is -0.00526. The first kappa shape index (κ1) is 17.4. The number of hydrogen-bond acceptors (Lipinski definition) is 4. The van der Waals surface area contributed by atoms with Crippen LogP contribution in [0.3, 0.4) is 0 Å². The Morgan fingerprint density at radius 2 is 1.52 bits per heavy atom. The van der Waals surface area contributed by atoms with Gasteiger partial charge in [0.25, 0.3) is 5.91 Å². The standard InChI is InChI=1S/C19H20N2O3S/c22-16(15-5-2-1-3-6-15)8-9-18(23)20-10-12-21(13-11-20)19(24)17-7-4-14-25-17/h1-7,14H,8-13H2. The van der Waals surface area contributed by atoms with E-state index in [0.29, 0.717) is 31.7 Å². The fourth-order valence-corrected chi connectivity index (χ4v) is 3.55. The summed E-state index contributed by atoms with van der Waals surface area (Å²) in [5, 5.41) is 1.89. The number of Topliss-reactive ketones (excluding diaryl/α,β-unsaturated/α-hetero) is 1. The van der Waals surface area contributed by atoms with Gasteiger partial charge < -0.3 is 9.80 Å². The summed E-state index contributed by atoms with van der Waals surface area (Å²) in [5.41, 5.74) is 0.640. The van der Waals surface area contributed by atoms with Crippen molar-refractivity contribution in [3.05, 3.63) is 58.3 Å². The molecule has 0 spiro atoms. The van der Waals surface area contributed by atoms with Crippen LogP contribution in [0.1, 0.15) is 32.9 Å². The molecule has 0 unspecified atom stereocenters. The fraction of sp³-hybridized carbons (Fsp3) is 0.316. The van der Waals surface area contributed by atoms with Gasteiger partial charge in [-0.3, -0.25) is 14.4 Å². The molecule has 1 saturated heterocycles. The number of ketones is 1. The van der Waals surface area contributed by atoms with Crippen molar-refractivity contribution >= 4 is 28.9 Å². The molecule has 1 aromatic heterocycles. The van der Waals surface area contributed by atoms with Crippen molar-refractivity contribution in [1.29, 1.82) is 0 Å². The van der Waals surface area contributed by atoms with E-state index in [2.05, 4.69) is 0 Å². The summed E-state index contributed by atoms with van der Waals surface area (Å²) < 4.78 is 0. The Hall–Kier alpha value is -2.47. The summed E-state index contributed by atoms with van der Waals surface area (Å²) >= 11 is 1.43. The topological polar surface area (TPSA) is 57.7 Å². The van der Waals surface area contributed by atoms with Crippen molar-refractivity contribution in [2.24, 2.45) is 0 Å². The highest BCUT2D eigenvalue weighted by atomic mass is 32.1. The molecule has 0 aliphatic carbocycles. The normalized spacial score (nSPS) is 14.4. The Kier molecular flexibility index (Phi) is 5.60. The lowest BCUT2D eigenvalue weighted by atomic mass is 10.1. The van der Waals surface area contributed by atoms with Gasteiger partial charge in [0, 0.05) is 44.6 Å². The molecule has 130 valence electrons. The average Bonchev–Trinajstić information content (AvgIpc) is 3.21. The molecule has 1 fully saturated rings. The number of carbonyl (C=O) groups is 3. The summed E-state index contributed by atoms with van der Waals surface area (Å²) in [6, 6.07) is 12.7. The van der Waals surface area contributed by atoms with E-state index in [1.165, 1.54) is 11.3 Å². The number of nitrogens with zero attached hydrogens (tertiary/aromatic N) is 2. The van der Waals surface area contributed by atoms with Gasteiger partial charge in [-0.2, -0.15) is 0 Å². The molecule has 1 aliphatic rings. The van der Waals surface area contributed by atoms with E-state index in [1.807, 2.05) is 35.7 Å². The van der Waals surface area contributed by atoms with Crippen LogP contribution in [-0.4, -0.2) is 53.6 Å². The number of benzene rings is 1. The second-order valence-electron chi connectivity index (χ2n) is 5.94. The molecular formula is C19H20N2O3S. The van der Waals surface area contributed by atoms with Crippen molar-refractivity contribution in [2.75, 3.05) is 26.2 Å². The zero-order valence-electron chi connectivity index (χ0n) is 13.9. The van der Waals surface area contributed by atoms with Crippen molar-refractivity contribution < 1.29 is 14.4 Å². The number of carbonyl (C=O) groups excluding carboxylic acids is 3. The summed E-state index contributed by atoms with van der Waals surface area (Å²) in [7, 11) is 0. The molecule has 3 rings (SSSR count). The maximum Gasteiger partial charge on any atom is 0.264 e. The van der Waals surface area contributed by atoms with Gasteiger partial charge in [0.05, 0.1) is 4.88 Å². The monoisotopic (exact) mass is 356 g/mol. The van der Waals surface area contributed by atoms with Crippen molar-refractivity contribution in [3.8, 4) is 0 Å². The summed E-state index contributed by atoms with van der Waals surface area (Å²) in [6.45, 7) is 2.12. The maximum absolute atomic E-state index is 12.3. The predicted molar refractivity (Wildman–Crippen MR) is 96.8 cm³/mol. The SMILES string of the molecule is O=C(CCC(=O)N1CCN(C(=O)c2cccs2)CC1)c1ccccc1. The zero-order chi connectivity index (χ0) is 17.6. The Morgan fingerprint density at radius 1 is 0.840 bits per heavy atom. The molecule has 2 aromatic rings. The highest BCUT2D eigenvalue weighted by Gasteiger charge is 2.25. The number of rotatable bonds is 5. The van der Waals surface area contributed by atoms with E-state index in [4.69, 9.17) is 0 Å². The first-order valence-electron chi connectivity index (χ1n) is 8.34. The lowest BCUT2D eigenvalue weighted by Gasteiger charge is -2.34. The second-order valence-corrected chi connectivity index (χ2v) is 6.89. The van der Waals surface area contributed by atoms with E-state index in [9.17, 15) is 14.4 Å². The van der Waals surface area contributed by atoms with Gasteiger partial charge in [0.2, 0.25) is 5.91 Å². The third-order valence-electron chi connectivity index (χ3n) is 4.31. The number of hydrogen-bond donors (Lipinski definition) is 0. The summed E-state index contributed by atoms with van der Waals surface area (Å²) in [6.07, 6.45) is 0.434.